The molecule has 92 valence electrons. The third kappa shape index (κ3) is 3.37. The molecule has 0 saturated heterocycles. The van der Waals surface area contributed by atoms with Gasteiger partial charge in [0.1, 0.15) is 5.75 Å². The molecule has 1 atom stereocenters. The van der Waals surface area contributed by atoms with Gasteiger partial charge < -0.3 is 9.84 Å². The monoisotopic (exact) mass is 235 g/mol. The second-order valence-corrected chi connectivity index (χ2v) is 3.94. The van der Waals surface area contributed by atoms with Crippen LogP contribution in [0.15, 0.2) is 17.2 Å². The van der Waals surface area contributed by atoms with Crippen molar-refractivity contribution < 1.29 is 9.84 Å². The molecule has 17 heavy (non-hydrogen) atoms. The first-order valence-corrected chi connectivity index (χ1v) is 5.44. The van der Waals surface area contributed by atoms with Crippen molar-refractivity contribution in [3.8, 4) is 5.75 Å². The van der Waals surface area contributed by atoms with E-state index >= 15 is 0 Å². The van der Waals surface area contributed by atoms with Crippen LogP contribution in [0.1, 0.15) is 29.2 Å². The SMILES string of the molecule is COc1cc(C)c(C)cc1C(O)CCN=[N+]=[N-]. The summed E-state index contributed by atoms with van der Waals surface area (Å²) in [6.07, 6.45) is -0.280. The van der Waals surface area contributed by atoms with E-state index < -0.39 is 6.10 Å². The Labute approximate surface area is 101 Å². The maximum atomic E-state index is 10.0. The maximum absolute atomic E-state index is 10.0. The van der Waals surface area contributed by atoms with Crippen LogP contribution in [-0.4, -0.2) is 18.8 Å². The molecule has 0 aromatic heterocycles. The van der Waals surface area contributed by atoms with Crippen LogP contribution in [0.2, 0.25) is 0 Å². The number of benzene rings is 1. The Bertz CT molecular complexity index is 440. The first kappa shape index (κ1) is 13.4. The van der Waals surface area contributed by atoms with Crippen LogP contribution in [0.25, 0.3) is 10.4 Å². The van der Waals surface area contributed by atoms with Gasteiger partial charge in [0.05, 0.1) is 13.2 Å². The van der Waals surface area contributed by atoms with E-state index in [1.165, 1.54) is 0 Å². The molecule has 1 unspecified atom stereocenters. The number of nitrogens with zero attached hydrogens (tertiary/aromatic N) is 3. The quantitative estimate of drug-likeness (QED) is 0.483. The molecule has 0 radical (unpaired) electrons. The van der Waals surface area contributed by atoms with E-state index in [1.807, 2.05) is 26.0 Å². The fraction of sp³-hybridized carbons (Fsp3) is 0.500. The molecule has 1 N–H and O–H groups in total. The zero-order chi connectivity index (χ0) is 12.8. The summed E-state index contributed by atoms with van der Waals surface area (Å²) >= 11 is 0. The summed E-state index contributed by atoms with van der Waals surface area (Å²) in [6.45, 7) is 4.25. The van der Waals surface area contributed by atoms with Gasteiger partial charge in [0.25, 0.3) is 0 Å². The van der Waals surface area contributed by atoms with E-state index in [0.717, 1.165) is 16.7 Å². The molecule has 5 heteroatoms. The second-order valence-electron chi connectivity index (χ2n) is 3.94. The lowest BCUT2D eigenvalue weighted by atomic mass is 9.99. The number of aryl methyl sites for hydroxylation is 2. The Balaban J connectivity index is 2.94. The van der Waals surface area contributed by atoms with Gasteiger partial charge in [-0.3, -0.25) is 0 Å². The van der Waals surface area contributed by atoms with Gasteiger partial charge in [0.2, 0.25) is 0 Å². The molecule has 0 spiro atoms. The van der Waals surface area contributed by atoms with Gasteiger partial charge in [0.15, 0.2) is 0 Å². The van der Waals surface area contributed by atoms with Crippen molar-refractivity contribution in [2.24, 2.45) is 5.11 Å². The molecule has 1 aromatic rings. The van der Waals surface area contributed by atoms with E-state index in [0.29, 0.717) is 12.2 Å². The minimum absolute atomic E-state index is 0.272. The van der Waals surface area contributed by atoms with E-state index in [9.17, 15) is 5.11 Å². The molecular formula is C12H17N3O2. The molecule has 0 aliphatic heterocycles. The lowest BCUT2D eigenvalue weighted by molar-refractivity contribution is 0.166. The normalized spacial score (nSPS) is 11.8. The van der Waals surface area contributed by atoms with Crippen molar-refractivity contribution in [3.63, 3.8) is 0 Å². The minimum Gasteiger partial charge on any atom is -0.496 e. The Morgan fingerprint density at radius 3 is 2.65 bits per heavy atom. The first-order valence-electron chi connectivity index (χ1n) is 5.44. The first-order chi connectivity index (χ1) is 8.10. The fourth-order valence-electron chi connectivity index (χ4n) is 1.63. The van der Waals surface area contributed by atoms with Crippen LogP contribution in [-0.2, 0) is 0 Å². The minimum atomic E-state index is -0.672. The highest BCUT2D eigenvalue weighted by Crippen LogP contribution is 2.30. The van der Waals surface area contributed by atoms with E-state index in [4.69, 9.17) is 10.3 Å². The fourth-order valence-corrected chi connectivity index (χ4v) is 1.63. The zero-order valence-electron chi connectivity index (χ0n) is 10.3. The Morgan fingerprint density at radius 2 is 2.06 bits per heavy atom. The molecule has 0 bridgehead atoms. The van der Waals surface area contributed by atoms with Crippen molar-refractivity contribution in [2.45, 2.75) is 26.4 Å². The number of aliphatic hydroxyl groups is 1. The topological polar surface area (TPSA) is 78.2 Å². The molecule has 0 aliphatic rings. The molecular weight excluding hydrogens is 218 g/mol. The Morgan fingerprint density at radius 1 is 1.41 bits per heavy atom. The van der Waals surface area contributed by atoms with Crippen molar-refractivity contribution in [1.29, 1.82) is 0 Å². The molecule has 0 fully saturated rings. The number of azide groups is 1. The summed E-state index contributed by atoms with van der Waals surface area (Å²) in [4.78, 5) is 2.66. The molecule has 1 aromatic carbocycles. The van der Waals surface area contributed by atoms with Gasteiger partial charge in [-0.25, -0.2) is 0 Å². The summed E-state index contributed by atoms with van der Waals surface area (Å²) in [5.41, 5.74) is 11.1. The predicted molar refractivity (Wildman–Crippen MR) is 66.1 cm³/mol. The average molecular weight is 235 g/mol. The van der Waals surface area contributed by atoms with Crippen LogP contribution in [0, 0.1) is 13.8 Å². The summed E-state index contributed by atoms with van der Waals surface area (Å²) in [7, 11) is 1.58. The summed E-state index contributed by atoms with van der Waals surface area (Å²) in [6, 6.07) is 3.82. The van der Waals surface area contributed by atoms with E-state index in [1.54, 1.807) is 7.11 Å². The number of hydrogen-bond donors (Lipinski definition) is 1. The number of ether oxygens (including phenoxy) is 1. The predicted octanol–water partition coefficient (Wildman–Crippen LogP) is 3.05. The highest BCUT2D eigenvalue weighted by Gasteiger charge is 2.14. The van der Waals surface area contributed by atoms with Gasteiger partial charge in [0, 0.05) is 17.0 Å². The number of rotatable bonds is 5. The standard InChI is InChI=1S/C12H17N3O2/c1-8-6-10(11(16)4-5-14-15-13)12(17-3)7-9(8)2/h6-7,11,16H,4-5H2,1-3H3. The largest absolute Gasteiger partial charge is 0.496 e. The third-order valence-corrected chi connectivity index (χ3v) is 2.77. The Hall–Kier alpha value is -1.71. The Kier molecular flexibility index (Phi) is 4.82. The average Bonchev–Trinajstić information content (AvgIpc) is 2.32. The van der Waals surface area contributed by atoms with Gasteiger partial charge in [-0.15, -0.1) is 0 Å². The van der Waals surface area contributed by atoms with Gasteiger partial charge in [-0.1, -0.05) is 5.11 Å². The van der Waals surface area contributed by atoms with Crippen LogP contribution in [0.5, 0.6) is 5.75 Å². The lowest BCUT2D eigenvalue weighted by Crippen LogP contribution is -2.03. The molecule has 1 rings (SSSR count). The third-order valence-electron chi connectivity index (χ3n) is 2.77. The highest BCUT2D eigenvalue weighted by atomic mass is 16.5. The van der Waals surface area contributed by atoms with E-state index in [-0.39, 0.29) is 6.54 Å². The number of hydrogen-bond acceptors (Lipinski definition) is 3. The number of aliphatic hydroxyl groups excluding tert-OH is 1. The molecule has 0 saturated carbocycles. The summed E-state index contributed by atoms with van der Waals surface area (Å²) in [5, 5.41) is 13.4. The smallest absolute Gasteiger partial charge is 0.124 e. The van der Waals surface area contributed by atoms with Crippen molar-refractivity contribution >= 4 is 0 Å². The van der Waals surface area contributed by atoms with Crippen LogP contribution < -0.4 is 4.74 Å². The molecule has 5 nitrogen and oxygen atoms in total. The zero-order valence-corrected chi connectivity index (χ0v) is 10.3. The van der Waals surface area contributed by atoms with Crippen LogP contribution >= 0.6 is 0 Å². The summed E-state index contributed by atoms with van der Waals surface area (Å²) in [5.74, 6) is 0.668. The maximum Gasteiger partial charge on any atom is 0.124 e. The highest BCUT2D eigenvalue weighted by molar-refractivity contribution is 5.42. The van der Waals surface area contributed by atoms with E-state index in [2.05, 4.69) is 10.0 Å². The number of methoxy groups -OCH3 is 1. The molecule has 0 aliphatic carbocycles. The summed E-state index contributed by atoms with van der Waals surface area (Å²) < 4.78 is 5.25. The molecule has 0 amide bonds. The van der Waals surface area contributed by atoms with Crippen molar-refractivity contribution in [3.05, 3.63) is 39.3 Å². The van der Waals surface area contributed by atoms with Crippen LogP contribution in [0.4, 0.5) is 0 Å². The van der Waals surface area contributed by atoms with Crippen LogP contribution in [0.3, 0.4) is 0 Å². The van der Waals surface area contributed by atoms with Crippen molar-refractivity contribution in [1.82, 2.24) is 0 Å². The van der Waals surface area contributed by atoms with Gasteiger partial charge >= 0.3 is 0 Å². The van der Waals surface area contributed by atoms with Gasteiger partial charge in [-0.2, -0.15) is 0 Å². The molecule has 0 heterocycles. The van der Waals surface area contributed by atoms with Gasteiger partial charge in [-0.05, 0) is 49.1 Å². The van der Waals surface area contributed by atoms with Crippen molar-refractivity contribution in [2.75, 3.05) is 13.7 Å². The second kappa shape index (κ2) is 6.13. The lowest BCUT2D eigenvalue weighted by Gasteiger charge is -2.16.